The van der Waals surface area contributed by atoms with E-state index in [2.05, 4.69) is 72.7 Å². The molecule has 1 saturated heterocycles. The molecule has 1 fully saturated rings. The van der Waals surface area contributed by atoms with E-state index in [0.29, 0.717) is 12.0 Å². The highest BCUT2D eigenvalue weighted by Gasteiger charge is 2.31. The molecular weight excluding hydrogens is 382 g/mol. The van der Waals surface area contributed by atoms with Crippen molar-refractivity contribution in [2.45, 2.75) is 40.2 Å². The molecule has 3 rings (SSSR count). The minimum Gasteiger partial charge on any atom is -0.339 e. The Kier molecular flexibility index (Phi) is 7.91. The SMILES string of the molecule is C=C(C)CN1CC[C@@H](N(c2ccccc2)c2ccc(C(=O)N(CC)CC)cc2)[C@@H](C)C1. The Morgan fingerprint density at radius 1 is 1.03 bits per heavy atom. The van der Waals surface area contributed by atoms with E-state index in [-0.39, 0.29) is 5.91 Å². The fraction of sp³-hybridized carbons (Fsp3) is 0.444. The van der Waals surface area contributed by atoms with Crippen LogP contribution in [-0.4, -0.2) is 54.5 Å². The van der Waals surface area contributed by atoms with Gasteiger partial charge in [-0.15, -0.1) is 0 Å². The zero-order valence-electron chi connectivity index (χ0n) is 19.6. The first-order valence-electron chi connectivity index (χ1n) is 11.5. The van der Waals surface area contributed by atoms with Crippen molar-refractivity contribution in [2.24, 2.45) is 5.92 Å². The Balaban J connectivity index is 1.87. The Morgan fingerprint density at radius 2 is 1.65 bits per heavy atom. The molecular formula is C27H37N3O. The molecule has 0 saturated carbocycles. The molecule has 2 aromatic carbocycles. The van der Waals surface area contributed by atoms with Crippen LogP contribution in [0, 0.1) is 5.92 Å². The van der Waals surface area contributed by atoms with Crippen LogP contribution in [0.25, 0.3) is 0 Å². The highest BCUT2D eigenvalue weighted by Crippen LogP contribution is 2.34. The van der Waals surface area contributed by atoms with Crippen LogP contribution in [0.1, 0.15) is 44.5 Å². The van der Waals surface area contributed by atoms with E-state index in [1.807, 2.05) is 30.9 Å². The van der Waals surface area contributed by atoms with Crippen LogP contribution in [0.5, 0.6) is 0 Å². The summed E-state index contributed by atoms with van der Waals surface area (Å²) in [5.41, 5.74) is 4.33. The van der Waals surface area contributed by atoms with Crippen LogP contribution in [0.3, 0.4) is 0 Å². The average Bonchev–Trinajstić information content (AvgIpc) is 2.77. The monoisotopic (exact) mass is 419 g/mol. The van der Waals surface area contributed by atoms with Crippen LogP contribution >= 0.6 is 0 Å². The maximum atomic E-state index is 12.7. The van der Waals surface area contributed by atoms with Gasteiger partial charge in [0.15, 0.2) is 0 Å². The van der Waals surface area contributed by atoms with E-state index < -0.39 is 0 Å². The van der Waals surface area contributed by atoms with Crippen molar-refractivity contribution < 1.29 is 4.79 Å². The lowest BCUT2D eigenvalue weighted by Crippen LogP contribution is -2.49. The lowest BCUT2D eigenvalue weighted by molar-refractivity contribution is 0.0773. The quantitative estimate of drug-likeness (QED) is 0.522. The van der Waals surface area contributed by atoms with Gasteiger partial charge in [0, 0.05) is 55.7 Å². The number of hydrogen-bond acceptors (Lipinski definition) is 3. The minimum atomic E-state index is 0.101. The third-order valence-corrected chi connectivity index (χ3v) is 6.25. The zero-order chi connectivity index (χ0) is 22.4. The topological polar surface area (TPSA) is 26.8 Å². The van der Waals surface area contributed by atoms with Gasteiger partial charge < -0.3 is 9.80 Å². The van der Waals surface area contributed by atoms with Gasteiger partial charge in [0.2, 0.25) is 0 Å². The van der Waals surface area contributed by atoms with Gasteiger partial charge in [-0.1, -0.05) is 37.3 Å². The molecule has 0 N–H and O–H groups in total. The predicted molar refractivity (Wildman–Crippen MR) is 131 cm³/mol. The number of piperidine rings is 1. The third-order valence-electron chi connectivity index (χ3n) is 6.25. The van der Waals surface area contributed by atoms with Crippen LogP contribution in [0.4, 0.5) is 11.4 Å². The molecule has 2 atom stereocenters. The second-order valence-corrected chi connectivity index (χ2v) is 8.76. The molecule has 2 aromatic rings. The molecule has 0 unspecified atom stereocenters. The summed E-state index contributed by atoms with van der Waals surface area (Å²) in [6.07, 6.45) is 1.10. The van der Waals surface area contributed by atoms with Gasteiger partial charge >= 0.3 is 0 Å². The van der Waals surface area contributed by atoms with Gasteiger partial charge in [-0.2, -0.15) is 0 Å². The Hall–Kier alpha value is -2.59. The predicted octanol–water partition coefficient (Wildman–Crippen LogP) is 5.59. The first-order valence-corrected chi connectivity index (χ1v) is 11.5. The normalized spacial score (nSPS) is 19.1. The van der Waals surface area contributed by atoms with E-state index in [4.69, 9.17) is 0 Å². The van der Waals surface area contributed by atoms with E-state index in [1.54, 1.807) is 0 Å². The second kappa shape index (κ2) is 10.6. The molecule has 0 aliphatic carbocycles. The number of likely N-dealkylation sites (tertiary alicyclic amines) is 1. The number of benzene rings is 2. The van der Waals surface area contributed by atoms with Gasteiger partial charge in [-0.3, -0.25) is 9.69 Å². The molecule has 1 heterocycles. The summed E-state index contributed by atoms with van der Waals surface area (Å²) in [4.78, 5) is 19.6. The molecule has 4 nitrogen and oxygen atoms in total. The largest absolute Gasteiger partial charge is 0.339 e. The fourth-order valence-electron chi connectivity index (χ4n) is 4.71. The van der Waals surface area contributed by atoms with E-state index >= 15 is 0 Å². The lowest BCUT2D eigenvalue weighted by Gasteiger charge is -2.44. The highest BCUT2D eigenvalue weighted by atomic mass is 16.2. The summed E-state index contributed by atoms with van der Waals surface area (Å²) in [5, 5.41) is 0. The third kappa shape index (κ3) is 5.56. The molecule has 166 valence electrons. The minimum absolute atomic E-state index is 0.101. The number of hydrogen-bond donors (Lipinski definition) is 0. The number of para-hydroxylation sites is 1. The van der Waals surface area contributed by atoms with Crippen molar-refractivity contribution in [3.63, 3.8) is 0 Å². The van der Waals surface area contributed by atoms with Crippen molar-refractivity contribution in [3.8, 4) is 0 Å². The van der Waals surface area contributed by atoms with E-state index in [0.717, 1.165) is 50.4 Å². The van der Waals surface area contributed by atoms with Crippen LogP contribution in [0.15, 0.2) is 66.7 Å². The Morgan fingerprint density at radius 3 is 2.19 bits per heavy atom. The standard InChI is InChI=1S/C27H37N3O/c1-6-29(7-2)27(31)23-13-15-25(16-14-23)30(24-11-9-8-10-12-24)26-17-18-28(19-21(3)4)20-22(26)5/h8-16,22,26H,3,6-7,17-20H2,1-2,4-5H3/t22-,26+/m0/s1. The van der Waals surface area contributed by atoms with Gasteiger partial charge in [-0.25, -0.2) is 0 Å². The van der Waals surface area contributed by atoms with Crippen molar-refractivity contribution in [1.82, 2.24) is 9.80 Å². The summed E-state index contributed by atoms with van der Waals surface area (Å²) in [7, 11) is 0. The average molecular weight is 420 g/mol. The van der Waals surface area contributed by atoms with Crippen molar-refractivity contribution in [2.75, 3.05) is 37.6 Å². The highest BCUT2D eigenvalue weighted by molar-refractivity contribution is 5.94. The van der Waals surface area contributed by atoms with E-state index in [9.17, 15) is 4.79 Å². The first-order chi connectivity index (χ1) is 14.9. The van der Waals surface area contributed by atoms with Gasteiger partial charge in [0.1, 0.15) is 0 Å². The summed E-state index contributed by atoms with van der Waals surface area (Å²) < 4.78 is 0. The zero-order valence-corrected chi connectivity index (χ0v) is 19.6. The summed E-state index contributed by atoms with van der Waals surface area (Å²) in [6, 6.07) is 19.2. The van der Waals surface area contributed by atoms with Crippen molar-refractivity contribution in [1.29, 1.82) is 0 Å². The molecule has 4 heteroatoms. The van der Waals surface area contributed by atoms with Gasteiger partial charge in [-0.05, 0) is 69.5 Å². The molecule has 0 radical (unpaired) electrons. The fourth-order valence-corrected chi connectivity index (χ4v) is 4.71. The first kappa shape index (κ1) is 23.1. The number of amides is 1. The summed E-state index contributed by atoms with van der Waals surface area (Å²) >= 11 is 0. The van der Waals surface area contributed by atoms with Crippen LogP contribution < -0.4 is 4.90 Å². The number of carbonyl (C=O) groups is 1. The molecule has 1 aliphatic rings. The van der Waals surface area contributed by atoms with Gasteiger partial charge in [0.25, 0.3) is 5.91 Å². The smallest absolute Gasteiger partial charge is 0.253 e. The molecule has 1 aliphatic heterocycles. The Labute approximate surface area is 188 Å². The lowest BCUT2D eigenvalue weighted by atomic mass is 9.91. The number of rotatable bonds is 8. The Bertz CT molecular complexity index is 858. The molecule has 0 aromatic heterocycles. The second-order valence-electron chi connectivity index (χ2n) is 8.76. The summed E-state index contributed by atoms with van der Waals surface area (Å²) in [6.45, 7) is 17.2. The van der Waals surface area contributed by atoms with Gasteiger partial charge in [0.05, 0.1) is 0 Å². The molecule has 1 amide bonds. The van der Waals surface area contributed by atoms with Crippen LogP contribution in [0.2, 0.25) is 0 Å². The number of anilines is 2. The number of carbonyl (C=O) groups excluding carboxylic acids is 1. The van der Waals surface area contributed by atoms with Crippen molar-refractivity contribution in [3.05, 3.63) is 72.3 Å². The maximum Gasteiger partial charge on any atom is 0.253 e. The molecule has 31 heavy (non-hydrogen) atoms. The van der Waals surface area contributed by atoms with Crippen LogP contribution in [-0.2, 0) is 0 Å². The summed E-state index contributed by atoms with van der Waals surface area (Å²) in [5.74, 6) is 0.620. The molecule has 0 spiro atoms. The maximum absolute atomic E-state index is 12.7. The van der Waals surface area contributed by atoms with E-state index in [1.165, 1.54) is 11.3 Å². The molecule has 0 bridgehead atoms. The number of nitrogens with zero attached hydrogens (tertiary/aromatic N) is 3. The van der Waals surface area contributed by atoms with Crippen molar-refractivity contribution >= 4 is 17.3 Å².